The van der Waals surface area contributed by atoms with Gasteiger partial charge in [0.25, 0.3) is 5.91 Å². The molecule has 0 unspecified atom stereocenters. The normalized spacial score (nSPS) is 13.0. The lowest BCUT2D eigenvalue weighted by molar-refractivity contribution is 0.0733. The largest absolute Gasteiger partial charge is 0.493 e. The Morgan fingerprint density at radius 1 is 1.07 bits per heavy atom. The van der Waals surface area contributed by atoms with Crippen molar-refractivity contribution >= 4 is 5.91 Å². The number of methoxy groups -OCH3 is 3. The van der Waals surface area contributed by atoms with Crippen LogP contribution in [0.4, 0.5) is 4.39 Å². The van der Waals surface area contributed by atoms with Gasteiger partial charge in [-0.3, -0.25) is 4.79 Å². The van der Waals surface area contributed by atoms with E-state index >= 15 is 0 Å². The molecule has 3 aromatic rings. The second kappa shape index (κ2) is 8.06. The molecular formula is C22H21FN2O5. The van der Waals surface area contributed by atoms with Crippen LogP contribution in [0, 0.1) is 5.82 Å². The highest BCUT2D eigenvalue weighted by Gasteiger charge is 2.29. The van der Waals surface area contributed by atoms with Gasteiger partial charge in [0.05, 0.1) is 33.6 Å². The Bertz CT molecular complexity index is 1050. The van der Waals surface area contributed by atoms with Crippen molar-refractivity contribution in [2.45, 2.75) is 13.0 Å². The first-order valence-electron chi connectivity index (χ1n) is 9.38. The summed E-state index contributed by atoms with van der Waals surface area (Å²) in [5.41, 5.74) is 2.77. The van der Waals surface area contributed by atoms with Crippen molar-refractivity contribution in [2.75, 3.05) is 27.9 Å². The molecule has 156 valence electrons. The molecule has 0 atom stereocenters. The minimum absolute atomic E-state index is 0.175. The number of hydrogen-bond donors (Lipinski definition) is 0. The number of hydrogen-bond acceptors (Lipinski definition) is 6. The summed E-state index contributed by atoms with van der Waals surface area (Å²) in [6.07, 6.45) is 0.566. The van der Waals surface area contributed by atoms with Crippen molar-refractivity contribution in [1.82, 2.24) is 10.1 Å². The van der Waals surface area contributed by atoms with Crippen molar-refractivity contribution in [1.29, 1.82) is 0 Å². The lowest BCUT2D eigenvalue weighted by atomic mass is 10.0. The zero-order chi connectivity index (χ0) is 21.3. The molecule has 8 heteroatoms. The van der Waals surface area contributed by atoms with E-state index in [0.717, 1.165) is 11.3 Å². The van der Waals surface area contributed by atoms with Gasteiger partial charge < -0.3 is 23.6 Å². The predicted octanol–water partition coefficient (Wildman–Crippen LogP) is 3.71. The van der Waals surface area contributed by atoms with E-state index in [4.69, 9.17) is 18.7 Å². The average Bonchev–Trinajstić information content (AvgIpc) is 3.21. The van der Waals surface area contributed by atoms with Crippen molar-refractivity contribution in [3.63, 3.8) is 0 Å². The maximum absolute atomic E-state index is 13.3. The number of halogens is 1. The Labute approximate surface area is 172 Å². The van der Waals surface area contributed by atoms with E-state index in [9.17, 15) is 9.18 Å². The Morgan fingerprint density at radius 2 is 1.73 bits per heavy atom. The highest BCUT2D eigenvalue weighted by atomic mass is 19.1. The fourth-order valence-electron chi connectivity index (χ4n) is 3.60. The molecule has 0 saturated heterocycles. The minimum atomic E-state index is -0.327. The van der Waals surface area contributed by atoms with Gasteiger partial charge in [-0.15, -0.1) is 0 Å². The molecule has 0 saturated carbocycles. The summed E-state index contributed by atoms with van der Waals surface area (Å²) in [5, 5.41) is 4.14. The Balaban J connectivity index is 1.64. The SMILES string of the molecule is COc1cc(C(=O)N2CCc3noc(-c4ccc(F)cc4)c3C2)cc(OC)c1OC. The van der Waals surface area contributed by atoms with Crippen LogP contribution in [0.3, 0.4) is 0 Å². The number of ether oxygens (including phenoxy) is 3. The van der Waals surface area contributed by atoms with Crippen LogP contribution in [-0.4, -0.2) is 43.8 Å². The molecule has 1 amide bonds. The molecule has 7 nitrogen and oxygen atoms in total. The summed E-state index contributed by atoms with van der Waals surface area (Å²) in [4.78, 5) is 14.9. The molecule has 1 aromatic heterocycles. The van der Waals surface area contributed by atoms with E-state index in [0.29, 0.717) is 53.6 Å². The topological polar surface area (TPSA) is 74.0 Å². The number of benzene rings is 2. The van der Waals surface area contributed by atoms with E-state index in [1.165, 1.54) is 33.5 Å². The summed E-state index contributed by atoms with van der Waals surface area (Å²) in [6.45, 7) is 0.832. The molecule has 0 fully saturated rings. The minimum Gasteiger partial charge on any atom is -0.493 e. The molecule has 0 radical (unpaired) electrons. The molecule has 0 aliphatic carbocycles. The van der Waals surface area contributed by atoms with Gasteiger partial charge in [-0.2, -0.15) is 0 Å². The molecule has 1 aliphatic heterocycles. The van der Waals surface area contributed by atoms with Crippen LogP contribution in [0.25, 0.3) is 11.3 Å². The summed E-state index contributed by atoms with van der Waals surface area (Å²) in [7, 11) is 4.52. The van der Waals surface area contributed by atoms with Crippen molar-refractivity contribution in [3.05, 3.63) is 59.0 Å². The molecule has 0 spiro atoms. The number of rotatable bonds is 5. The van der Waals surface area contributed by atoms with E-state index in [1.54, 1.807) is 29.2 Å². The number of amides is 1. The first-order chi connectivity index (χ1) is 14.5. The van der Waals surface area contributed by atoms with Gasteiger partial charge >= 0.3 is 0 Å². The van der Waals surface area contributed by atoms with E-state index in [-0.39, 0.29) is 11.7 Å². The van der Waals surface area contributed by atoms with Crippen LogP contribution in [0.5, 0.6) is 17.2 Å². The van der Waals surface area contributed by atoms with Crippen LogP contribution in [-0.2, 0) is 13.0 Å². The van der Waals surface area contributed by atoms with Gasteiger partial charge in [-0.05, 0) is 36.4 Å². The summed E-state index contributed by atoms with van der Waals surface area (Å²) < 4.78 is 34.8. The van der Waals surface area contributed by atoms with Crippen LogP contribution in [0.2, 0.25) is 0 Å². The smallest absolute Gasteiger partial charge is 0.254 e. The van der Waals surface area contributed by atoms with Gasteiger partial charge in [0.15, 0.2) is 17.3 Å². The van der Waals surface area contributed by atoms with Gasteiger partial charge in [0, 0.05) is 29.7 Å². The van der Waals surface area contributed by atoms with Crippen molar-refractivity contribution < 1.29 is 27.9 Å². The number of nitrogens with zero attached hydrogens (tertiary/aromatic N) is 2. The molecule has 2 heterocycles. The number of carbonyl (C=O) groups excluding carboxylic acids is 1. The molecule has 0 N–H and O–H groups in total. The molecule has 1 aliphatic rings. The van der Waals surface area contributed by atoms with E-state index < -0.39 is 0 Å². The van der Waals surface area contributed by atoms with Crippen molar-refractivity contribution in [2.24, 2.45) is 0 Å². The number of aromatic nitrogens is 1. The summed E-state index contributed by atoms with van der Waals surface area (Å²) >= 11 is 0. The highest BCUT2D eigenvalue weighted by molar-refractivity contribution is 5.96. The molecule has 2 aromatic carbocycles. The van der Waals surface area contributed by atoms with E-state index in [1.807, 2.05) is 0 Å². The molecule has 4 rings (SSSR count). The Hall–Kier alpha value is -3.55. The van der Waals surface area contributed by atoms with Crippen LogP contribution >= 0.6 is 0 Å². The summed E-state index contributed by atoms with van der Waals surface area (Å²) in [5.74, 6) is 1.30. The maximum atomic E-state index is 13.3. The standard InChI is InChI=1S/C22H21FN2O5/c1-27-18-10-14(11-19(28-2)21(18)29-3)22(26)25-9-8-17-16(12-25)20(30-24-17)13-4-6-15(23)7-5-13/h4-7,10-11H,8-9,12H2,1-3H3. The van der Waals surface area contributed by atoms with Crippen molar-refractivity contribution in [3.8, 4) is 28.6 Å². The third-order valence-corrected chi connectivity index (χ3v) is 5.14. The average molecular weight is 412 g/mol. The monoisotopic (exact) mass is 412 g/mol. The van der Waals surface area contributed by atoms with Gasteiger partial charge in [0.1, 0.15) is 5.82 Å². The van der Waals surface area contributed by atoms with Crippen LogP contribution in [0.1, 0.15) is 21.6 Å². The zero-order valence-corrected chi connectivity index (χ0v) is 16.9. The second-order valence-electron chi connectivity index (χ2n) is 6.83. The summed E-state index contributed by atoms with van der Waals surface area (Å²) in [6, 6.07) is 9.27. The Morgan fingerprint density at radius 3 is 2.33 bits per heavy atom. The van der Waals surface area contributed by atoms with Gasteiger partial charge in [-0.25, -0.2) is 4.39 Å². The highest BCUT2D eigenvalue weighted by Crippen LogP contribution is 2.39. The first-order valence-corrected chi connectivity index (χ1v) is 9.38. The third kappa shape index (κ3) is 3.45. The zero-order valence-electron chi connectivity index (χ0n) is 16.9. The lowest BCUT2D eigenvalue weighted by Crippen LogP contribution is -2.36. The molecular weight excluding hydrogens is 391 g/mol. The molecule has 0 bridgehead atoms. The van der Waals surface area contributed by atoms with Gasteiger partial charge in [0.2, 0.25) is 5.75 Å². The maximum Gasteiger partial charge on any atom is 0.254 e. The van der Waals surface area contributed by atoms with E-state index in [2.05, 4.69) is 5.16 Å². The van der Waals surface area contributed by atoms with Crippen LogP contribution < -0.4 is 14.2 Å². The fourth-order valence-corrected chi connectivity index (χ4v) is 3.60. The Kier molecular flexibility index (Phi) is 5.31. The predicted molar refractivity (Wildman–Crippen MR) is 106 cm³/mol. The second-order valence-corrected chi connectivity index (χ2v) is 6.83. The van der Waals surface area contributed by atoms with Gasteiger partial charge in [-0.1, -0.05) is 5.16 Å². The lowest BCUT2D eigenvalue weighted by Gasteiger charge is -2.27. The first kappa shape index (κ1) is 19.8. The number of fused-ring (bicyclic) bond motifs is 1. The quantitative estimate of drug-likeness (QED) is 0.636. The third-order valence-electron chi connectivity index (χ3n) is 5.14. The fraction of sp³-hybridized carbons (Fsp3) is 0.273. The van der Waals surface area contributed by atoms with Crippen LogP contribution in [0.15, 0.2) is 40.9 Å². The molecule has 30 heavy (non-hydrogen) atoms. The number of carbonyl (C=O) groups is 1.